The smallest absolute Gasteiger partial charge is 0.264 e. The maximum absolute atomic E-state index is 15.2. The van der Waals surface area contributed by atoms with E-state index in [2.05, 4.69) is 5.32 Å². The number of carbonyl (C=O) groups is 2. The predicted octanol–water partition coefficient (Wildman–Crippen LogP) is 6.88. The zero-order valence-electron chi connectivity index (χ0n) is 25.1. The second kappa shape index (κ2) is 14.5. The molecule has 0 saturated carbocycles. The lowest BCUT2D eigenvalue weighted by molar-refractivity contribution is -0.140. The number of para-hydroxylation sites is 1. The summed E-state index contributed by atoms with van der Waals surface area (Å²) in [5.74, 6) is -2.02. The minimum atomic E-state index is -4.42. The van der Waals surface area contributed by atoms with Crippen LogP contribution in [0.4, 0.5) is 10.1 Å². The van der Waals surface area contributed by atoms with Crippen molar-refractivity contribution in [3.63, 3.8) is 0 Å². The van der Waals surface area contributed by atoms with Crippen LogP contribution < -0.4 is 9.62 Å². The molecule has 4 rings (SSSR count). The zero-order chi connectivity index (χ0) is 32.8. The molecule has 4 aromatic rings. The van der Waals surface area contributed by atoms with E-state index >= 15 is 4.39 Å². The Morgan fingerprint density at radius 1 is 0.867 bits per heavy atom. The molecule has 0 spiro atoms. The highest BCUT2D eigenvalue weighted by molar-refractivity contribution is 7.92. The molecule has 0 aliphatic rings. The van der Waals surface area contributed by atoms with Crippen molar-refractivity contribution in [1.82, 2.24) is 10.2 Å². The number of nitrogens with one attached hydrogen (secondary N) is 1. The van der Waals surface area contributed by atoms with Crippen LogP contribution in [0, 0.1) is 5.82 Å². The molecule has 1 atom stereocenters. The van der Waals surface area contributed by atoms with Crippen LogP contribution >= 0.6 is 23.2 Å². The van der Waals surface area contributed by atoms with Crippen LogP contribution in [0.15, 0.2) is 108 Å². The number of carbonyl (C=O) groups excluding carboxylic acids is 2. The highest BCUT2D eigenvalue weighted by atomic mass is 35.5. The number of nitrogens with zero attached hydrogens (tertiary/aromatic N) is 2. The third-order valence-corrected chi connectivity index (χ3v) is 9.22. The van der Waals surface area contributed by atoms with E-state index in [1.54, 1.807) is 18.2 Å². The fourth-order valence-electron chi connectivity index (χ4n) is 4.73. The summed E-state index contributed by atoms with van der Waals surface area (Å²) in [6.07, 6.45) is 0.116. The average Bonchev–Trinajstić information content (AvgIpc) is 2.99. The van der Waals surface area contributed by atoms with E-state index in [9.17, 15) is 18.0 Å². The Morgan fingerprint density at radius 2 is 1.47 bits per heavy atom. The largest absolute Gasteiger partial charge is 0.350 e. The Kier molecular flexibility index (Phi) is 10.9. The Bertz CT molecular complexity index is 1750. The minimum Gasteiger partial charge on any atom is -0.350 e. The first-order chi connectivity index (χ1) is 21.3. The third-order valence-electron chi connectivity index (χ3n) is 6.86. The van der Waals surface area contributed by atoms with Crippen LogP contribution in [0.3, 0.4) is 0 Å². The number of rotatable bonds is 11. The van der Waals surface area contributed by atoms with Gasteiger partial charge in [0.1, 0.15) is 18.4 Å². The van der Waals surface area contributed by atoms with E-state index in [0.717, 1.165) is 15.9 Å². The number of halogens is 3. The van der Waals surface area contributed by atoms with Gasteiger partial charge in [0.15, 0.2) is 0 Å². The Hall–Kier alpha value is -3.92. The highest BCUT2D eigenvalue weighted by Crippen LogP contribution is 2.28. The molecule has 1 N–H and O–H groups in total. The Balaban J connectivity index is 1.84. The van der Waals surface area contributed by atoms with E-state index in [1.165, 1.54) is 53.4 Å². The summed E-state index contributed by atoms with van der Waals surface area (Å²) >= 11 is 12.7. The first kappa shape index (κ1) is 34.0. The summed E-state index contributed by atoms with van der Waals surface area (Å²) in [6.45, 7) is 4.51. The van der Waals surface area contributed by atoms with Crippen molar-refractivity contribution in [2.24, 2.45) is 0 Å². The van der Waals surface area contributed by atoms with E-state index in [1.807, 2.05) is 51.1 Å². The average molecular weight is 671 g/mol. The van der Waals surface area contributed by atoms with Gasteiger partial charge in [-0.3, -0.25) is 13.9 Å². The normalized spacial score (nSPS) is 12.3. The molecule has 0 heterocycles. The molecule has 0 radical (unpaired) electrons. The number of hydrogen-bond donors (Lipinski definition) is 1. The van der Waals surface area contributed by atoms with Crippen LogP contribution in [0.5, 0.6) is 0 Å². The summed E-state index contributed by atoms with van der Waals surface area (Å²) < 4.78 is 43.8. The summed E-state index contributed by atoms with van der Waals surface area (Å²) in [5, 5.41) is 3.60. The van der Waals surface area contributed by atoms with E-state index in [4.69, 9.17) is 23.2 Å². The third kappa shape index (κ3) is 8.84. The lowest BCUT2D eigenvalue weighted by Crippen LogP contribution is -2.56. The monoisotopic (exact) mass is 669 g/mol. The van der Waals surface area contributed by atoms with Crippen LogP contribution in [0.25, 0.3) is 0 Å². The zero-order valence-corrected chi connectivity index (χ0v) is 27.4. The minimum absolute atomic E-state index is 0.116. The number of benzene rings is 4. The van der Waals surface area contributed by atoms with Crippen LogP contribution in [0.1, 0.15) is 31.9 Å². The van der Waals surface area contributed by atoms with Gasteiger partial charge in [-0.05, 0) is 68.3 Å². The maximum Gasteiger partial charge on any atom is 0.264 e. The second-order valence-corrected chi connectivity index (χ2v) is 14.2. The van der Waals surface area contributed by atoms with Crippen LogP contribution in [0.2, 0.25) is 10.0 Å². The van der Waals surface area contributed by atoms with E-state index < -0.39 is 45.8 Å². The number of anilines is 1. The Labute approximate surface area is 273 Å². The van der Waals surface area contributed by atoms with Crippen molar-refractivity contribution < 1.29 is 22.4 Å². The van der Waals surface area contributed by atoms with Gasteiger partial charge in [0, 0.05) is 28.5 Å². The molecular weight excluding hydrogens is 636 g/mol. The molecule has 0 aromatic heterocycles. The van der Waals surface area contributed by atoms with Gasteiger partial charge in [0.2, 0.25) is 11.8 Å². The topological polar surface area (TPSA) is 86.8 Å². The molecule has 2 amide bonds. The van der Waals surface area contributed by atoms with E-state index in [-0.39, 0.29) is 28.6 Å². The first-order valence-electron chi connectivity index (χ1n) is 14.2. The fraction of sp³-hybridized carbons (Fsp3) is 0.235. The second-order valence-electron chi connectivity index (χ2n) is 11.5. The molecule has 0 aliphatic heterocycles. The van der Waals surface area contributed by atoms with Gasteiger partial charge in [-0.15, -0.1) is 0 Å². The molecule has 0 fully saturated rings. The summed E-state index contributed by atoms with van der Waals surface area (Å²) in [6, 6.07) is 25.6. The standard InChI is InChI=1S/C34H34Cl2FN3O4S/c1-34(2,3)38-33(42)31(20-24-12-6-4-7-13-24)39(22-25-18-19-26(35)21-28(25)36)32(41)23-40(30-17-11-10-16-29(30)37)45(43,44)27-14-8-5-9-15-27/h4-19,21,31H,20,22-23H2,1-3H3,(H,38,42)/t31-/m1/s1. The number of amides is 2. The first-order valence-corrected chi connectivity index (χ1v) is 16.4. The van der Waals surface area contributed by atoms with Gasteiger partial charge in [0.25, 0.3) is 10.0 Å². The van der Waals surface area contributed by atoms with Crippen LogP contribution in [-0.2, 0) is 32.6 Å². The van der Waals surface area contributed by atoms with Crippen molar-refractivity contribution in [3.05, 3.63) is 130 Å². The van der Waals surface area contributed by atoms with E-state index in [0.29, 0.717) is 10.6 Å². The molecule has 0 saturated heterocycles. The predicted molar refractivity (Wildman–Crippen MR) is 176 cm³/mol. The van der Waals surface area contributed by atoms with Crippen molar-refractivity contribution in [1.29, 1.82) is 0 Å². The quantitative estimate of drug-likeness (QED) is 0.189. The van der Waals surface area contributed by atoms with Gasteiger partial charge >= 0.3 is 0 Å². The fourth-order valence-corrected chi connectivity index (χ4v) is 6.64. The molecule has 0 unspecified atom stereocenters. The molecule has 7 nitrogen and oxygen atoms in total. The lowest BCUT2D eigenvalue weighted by Gasteiger charge is -2.35. The number of hydrogen-bond acceptors (Lipinski definition) is 4. The molecule has 236 valence electrons. The maximum atomic E-state index is 15.2. The summed E-state index contributed by atoms with van der Waals surface area (Å²) in [7, 11) is -4.42. The van der Waals surface area contributed by atoms with Crippen molar-refractivity contribution in [3.8, 4) is 0 Å². The molecular formula is C34H34Cl2FN3O4S. The lowest BCUT2D eigenvalue weighted by atomic mass is 10.0. The SMILES string of the molecule is CC(C)(C)NC(=O)[C@@H](Cc1ccccc1)N(Cc1ccc(Cl)cc1Cl)C(=O)CN(c1ccccc1F)S(=O)(=O)c1ccccc1. The van der Waals surface area contributed by atoms with Crippen LogP contribution in [-0.4, -0.2) is 43.3 Å². The Morgan fingerprint density at radius 3 is 2.07 bits per heavy atom. The summed E-state index contributed by atoms with van der Waals surface area (Å²) in [4.78, 5) is 29.5. The van der Waals surface area contributed by atoms with Gasteiger partial charge in [-0.1, -0.05) is 89.9 Å². The van der Waals surface area contributed by atoms with Gasteiger partial charge < -0.3 is 10.2 Å². The molecule has 4 aromatic carbocycles. The molecule has 11 heteroatoms. The molecule has 0 aliphatic carbocycles. The molecule has 0 bridgehead atoms. The van der Waals surface area contributed by atoms with Gasteiger partial charge in [-0.25, -0.2) is 12.8 Å². The molecule has 45 heavy (non-hydrogen) atoms. The number of sulfonamides is 1. The highest BCUT2D eigenvalue weighted by Gasteiger charge is 2.36. The van der Waals surface area contributed by atoms with Crippen molar-refractivity contribution >= 4 is 50.7 Å². The van der Waals surface area contributed by atoms with Crippen molar-refractivity contribution in [2.45, 2.75) is 50.2 Å². The van der Waals surface area contributed by atoms with Gasteiger partial charge in [0.05, 0.1) is 10.6 Å². The van der Waals surface area contributed by atoms with Crippen molar-refractivity contribution in [2.75, 3.05) is 10.8 Å². The van der Waals surface area contributed by atoms with Gasteiger partial charge in [-0.2, -0.15) is 0 Å². The summed E-state index contributed by atoms with van der Waals surface area (Å²) in [5.41, 5.74) is 0.306.